The largest absolute Gasteiger partial charge is 0.481 e. The number of aryl methyl sites for hydroxylation is 1. The maximum absolute atomic E-state index is 12.4. The molecular formula is C20H22ClN3O3. The summed E-state index contributed by atoms with van der Waals surface area (Å²) in [5.41, 5.74) is 9.48. The van der Waals surface area contributed by atoms with Gasteiger partial charge in [0.05, 0.1) is 0 Å². The van der Waals surface area contributed by atoms with Crippen LogP contribution < -0.4 is 11.1 Å². The lowest BCUT2D eigenvalue weighted by molar-refractivity contribution is -0.138. The Bertz CT molecular complexity index is 865. The lowest BCUT2D eigenvalue weighted by atomic mass is 9.82. The molecule has 1 aliphatic rings. The SMILES string of the molecule is Cl.N=C(N)c1ccc(C(=O)Nc2ccc3c(c2)CC(CC(=O)O)CC3)cc1. The van der Waals surface area contributed by atoms with Crippen LogP contribution in [0.4, 0.5) is 5.69 Å². The van der Waals surface area contributed by atoms with Crippen molar-refractivity contribution in [1.82, 2.24) is 0 Å². The number of hydrogen-bond donors (Lipinski definition) is 4. The number of anilines is 1. The van der Waals surface area contributed by atoms with Crippen LogP contribution in [0, 0.1) is 11.3 Å². The summed E-state index contributed by atoms with van der Waals surface area (Å²) in [5.74, 6) is -0.900. The number of amides is 1. The van der Waals surface area contributed by atoms with Crippen molar-refractivity contribution in [1.29, 1.82) is 5.41 Å². The van der Waals surface area contributed by atoms with Gasteiger partial charge in [0.25, 0.3) is 5.91 Å². The highest BCUT2D eigenvalue weighted by Gasteiger charge is 2.21. The van der Waals surface area contributed by atoms with Crippen molar-refractivity contribution < 1.29 is 14.7 Å². The minimum absolute atomic E-state index is 0. The van der Waals surface area contributed by atoms with E-state index < -0.39 is 5.97 Å². The Labute approximate surface area is 163 Å². The fourth-order valence-corrected chi connectivity index (χ4v) is 3.34. The number of nitrogen functional groups attached to an aromatic ring is 1. The molecule has 2 aromatic carbocycles. The first kappa shape index (κ1) is 20.5. The van der Waals surface area contributed by atoms with E-state index in [4.69, 9.17) is 16.2 Å². The van der Waals surface area contributed by atoms with Crippen LogP contribution in [-0.4, -0.2) is 22.8 Å². The predicted molar refractivity (Wildman–Crippen MR) is 107 cm³/mol. The summed E-state index contributed by atoms with van der Waals surface area (Å²) in [4.78, 5) is 23.3. The molecular weight excluding hydrogens is 366 g/mol. The molecule has 2 aromatic rings. The van der Waals surface area contributed by atoms with Crippen LogP contribution >= 0.6 is 12.4 Å². The van der Waals surface area contributed by atoms with Gasteiger partial charge in [-0.2, -0.15) is 0 Å². The van der Waals surface area contributed by atoms with Crippen LogP contribution in [0.15, 0.2) is 42.5 Å². The number of aliphatic carboxylic acids is 1. The first-order chi connectivity index (χ1) is 12.4. The van der Waals surface area contributed by atoms with Gasteiger partial charge < -0.3 is 16.2 Å². The second kappa shape index (κ2) is 8.68. The number of carbonyl (C=O) groups is 2. The molecule has 7 heteroatoms. The van der Waals surface area contributed by atoms with Gasteiger partial charge in [-0.25, -0.2) is 0 Å². The summed E-state index contributed by atoms with van der Waals surface area (Å²) < 4.78 is 0. The number of halogens is 1. The third kappa shape index (κ3) is 5.08. The summed E-state index contributed by atoms with van der Waals surface area (Å²) >= 11 is 0. The Hall–Kier alpha value is -2.86. The van der Waals surface area contributed by atoms with Crippen LogP contribution in [0.2, 0.25) is 0 Å². The molecule has 1 atom stereocenters. The number of rotatable bonds is 5. The van der Waals surface area contributed by atoms with E-state index in [-0.39, 0.29) is 36.5 Å². The van der Waals surface area contributed by atoms with Gasteiger partial charge in [0.2, 0.25) is 0 Å². The van der Waals surface area contributed by atoms with Gasteiger partial charge >= 0.3 is 5.97 Å². The summed E-state index contributed by atoms with van der Waals surface area (Å²) in [6.07, 6.45) is 2.65. The second-order valence-electron chi connectivity index (χ2n) is 6.64. The maximum Gasteiger partial charge on any atom is 0.303 e. The monoisotopic (exact) mass is 387 g/mol. The number of benzene rings is 2. The lowest BCUT2D eigenvalue weighted by Crippen LogP contribution is -2.18. The van der Waals surface area contributed by atoms with Crippen LogP contribution in [0.1, 0.15) is 39.9 Å². The number of carboxylic acids is 1. The predicted octanol–water partition coefficient (Wildman–Crippen LogP) is 3.22. The Kier molecular flexibility index (Phi) is 6.58. The molecule has 1 aliphatic carbocycles. The summed E-state index contributed by atoms with van der Waals surface area (Å²) in [6.45, 7) is 0. The van der Waals surface area contributed by atoms with E-state index in [0.29, 0.717) is 16.8 Å². The Morgan fingerprint density at radius 2 is 1.78 bits per heavy atom. The zero-order valence-corrected chi connectivity index (χ0v) is 15.5. The van der Waals surface area contributed by atoms with Gasteiger partial charge in [-0.3, -0.25) is 15.0 Å². The molecule has 0 saturated carbocycles. The average molecular weight is 388 g/mol. The third-order valence-electron chi connectivity index (χ3n) is 4.72. The highest BCUT2D eigenvalue weighted by molar-refractivity contribution is 6.05. The zero-order valence-electron chi connectivity index (χ0n) is 14.7. The van der Waals surface area contributed by atoms with Gasteiger partial charge in [0.1, 0.15) is 5.84 Å². The van der Waals surface area contributed by atoms with Gasteiger partial charge in [0, 0.05) is 23.2 Å². The fourth-order valence-electron chi connectivity index (χ4n) is 3.34. The molecule has 0 aliphatic heterocycles. The number of nitrogens with two attached hydrogens (primary N) is 1. The lowest BCUT2D eigenvalue weighted by Gasteiger charge is -2.24. The number of nitrogens with one attached hydrogen (secondary N) is 2. The first-order valence-corrected chi connectivity index (χ1v) is 8.52. The Morgan fingerprint density at radius 1 is 1.11 bits per heavy atom. The molecule has 1 unspecified atom stereocenters. The molecule has 0 heterocycles. The van der Waals surface area contributed by atoms with Gasteiger partial charge in [-0.05, 0) is 60.6 Å². The Morgan fingerprint density at radius 3 is 2.41 bits per heavy atom. The number of fused-ring (bicyclic) bond motifs is 1. The molecule has 0 fully saturated rings. The van der Waals surface area contributed by atoms with Crippen LogP contribution in [0.3, 0.4) is 0 Å². The highest BCUT2D eigenvalue weighted by Crippen LogP contribution is 2.29. The summed E-state index contributed by atoms with van der Waals surface area (Å²) in [6, 6.07) is 12.4. The van der Waals surface area contributed by atoms with Gasteiger partial charge in [-0.15, -0.1) is 12.4 Å². The minimum Gasteiger partial charge on any atom is -0.481 e. The van der Waals surface area contributed by atoms with E-state index in [2.05, 4.69) is 5.32 Å². The van der Waals surface area contributed by atoms with E-state index in [9.17, 15) is 9.59 Å². The quantitative estimate of drug-likeness (QED) is 0.465. The summed E-state index contributed by atoms with van der Waals surface area (Å²) in [5, 5.41) is 19.2. The van der Waals surface area contributed by atoms with Crippen molar-refractivity contribution in [3.8, 4) is 0 Å². The maximum atomic E-state index is 12.4. The van der Waals surface area contributed by atoms with E-state index in [1.165, 1.54) is 5.56 Å². The summed E-state index contributed by atoms with van der Waals surface area (Å²) in [7, 11) is 0. The molecule has 6 nitrogen and oxygen atoms in total. The standard InChI is InChI=1S/C20H21N3O3.ClH/c21-19(22)14-3-5-15(6-4-14)20(26)23-17-8-7-13-2-1-12(10-18(24)25)9-16(13)11-17;/h3-8,11-12H,1-2,9-10H2,(H3,21,22)(H,23,26)(H,24,25);1H. The smallest absolute Gasteiger partial charge is 0.303 e. The zero-order chi connectivity index (χ0) is 18.7. The molecule has 0 saturated heterocycles. The Balaban J connectivity index is 0.00000261. The van der Waals surface area contributed by atoms with E-state index in [1.54, 1.807) is 24.3 Å². The molecule has 0 spiro atoms. The van der Waals surface area contributed by atoms with Crippen molar-refractivity contribution in [2.24, 2.45) is 11.7 Å². The molecule has 27 heavy (non-hydrogen) atoms. The molecule has 0 radical (unpaired) electrons. The molecule has 0 aromatic heterocycles. The second-order valence-corrected chi connectivity index (χ2v) is 6.64. The number of hydrogen-bond acceptors (Lipinski definition) is 3. The third-order valence-corrected chi connectivity index (χ3v) is 4.72. The topological polar surface area (TPSA) is 116 Å². The minimum atomic E-state index is -0.767. The molecule has 142 valence electrons. The van der Waals surface area contributed by atoms with Crippen molar-refractivity contribution in [3.63, 3.8) is 0 Å². The van der Waals surface area contributed by atoms with Crippen molar-refractivity contribution in [2.75, 3.05) is 5.32 Å². The fraction of sp³-hybridized carbons (Fsp3) is 0.250. The normalized spacial score (nSPS) is 15.2. The molecule has 0 bridgehead atoms. The van der Waals surface area contributed by atoms with E-state index in [0.717, 1.165) is 24.8 Å². The average Bonchev–Trinajstić information content (AvgIpc) is 2.61. The molecule has 5 N–H and O–H groups in total. The van der Waals surface area contributed by atoms with Crippen molar-refractivity contribution in [2.45, 2.75) is 25.7 Å². The number of carboxylic acid groups (broad SMARTS) is 1. The van der Waals surface area contributed by atoms with Gasteiger partial charge in [0.15, 0.2) is 0 Å². The highest BCUT2D eigenvalue weighted by atomic mass is 35.5. The van der Waals surface area contributed by atoms with E-state index >= 15 is 0 Å². The van der Waals surface area contributed by atoms with E-state index in [1.807, 2.05) is 18.2 Å². The van der Waals surface area contributed by atoms with Crippen molar-refractivity contribution >= 4 is 35.8 Å². The molecule has 3 rings (SSSR count). The number of amidine groups is 1. The number of carbonyl (C=O) groups excluding carboxylic acids is 1. The molecule has 1 amide bonds. The van der Waals surface area contributed by atoms with Crippen molar-refractivity contribution in [3.05, 3.63) is 64.7 Å². The first-order valence-electron chi connectivity index (χ1n) is 8.52. The van der Waals surface area contributed by atoms with Crippen LogP contribution in [0.5, 0.6) is 0 Å². The van der Waals surface area contributed by atoms with Gasteiger partial charge in [-0.1, -0.05) is 18.2 Å². The van der Waals surface area contributed by atoms with Crippen LogP contribution in [0.25, 0.3) is 0 Å². The van der Waals surface area contributed by atoms with Crippen LogP contribution in [-0.2, 0) is 17.6 Å².